The van der Waals surface area contributed by atoms with Gasteiger partial charge < -0.3 is 24.4 Å². The van der Waals surface area contributed by atoms with Crippen LogP contribution < -0.4 is 9.47 Å². The molecule has 0 radical (unpaired) electrons. The molecule has 0 saturated carbocycles. The molecule has 2 rings (SSSR count). The highest BCUT2D eigenvalue weighted by Gasteiger charge is 2.26. The molecular formula is C11H12O6. The topological polar surface area (TPSA) is 85.2 Å². The van der Waals surface area contributed by atoms with Crippen LogP contribution in [0.2, 0.25) is 0 Å². The summed E-state index contributed by atoms with van der Waals surface area (Å²) in [6, 6.07) is 3.07. The first-order valence-corrected chi connectivity index (χ1v) is 4.96. The second-order valence-electron chi connectivity index (χ2n) is 3.54. The third kappa shape index (κ3) is 2.04. The Hall–Kier alpha value is -1.79. The van der Waals surface area contributed by atoms with Crippen molar-refractivity contribution < 1.29 is 29.2 Å². The molecule has 6 nitrogen and oxygen atoms in total. The molecule has 0 saturated heterocycles. The van der Waals surface area contributed by atoms with Gasteiger partial charge in [0.05, 0.1) is 6.61 Å². The lowest BCUT2D eigenvalue weighted by Crippen LogP contribution is -2.13. The average molecular weight is 240 g/mol. The molecule has 1 heterocycles. The number of fused-ring (bicyclic) bond motifs is 1. The van der Waals surface area contributed by atoms with E-state index in [2.05, 4.69) is 0 Å². The number of carbonyl (C=O) groups is 1. The van der Waals surface area contributed by atoms with E-state index in [-0.39, 0.29) is 19.0 Å². The van der Waals surface area contributed by atoms with Gasteiger partial charge in [-0.05, 0) is 6.07 Å². The van der Waals surface area contributed by atoms with Crippen LogP contribution in [0.25, 0.3) is 0 Å². The monoisotopic (exact) mass is 240 g/mol. The van der Waals surface area contributed by atoms with E-state index >= 15 is 0 Å². The number of rotatable bonds is 4. The Bertz CT molecular complexity index is 442. The van der Waals surface area contributed by atoms with Crippen LogP contribution in [-0.4, -0.2) is 30.1 Å². The van der Waals surface area contributed by atoms with Crippen molar-refractivity contribution in [1.29, 1.82) is 0 Å². The van der Waals surface area contributed by atoms with Gasteiger partial charge in [0.2, 0.25) is 6.79 Å². The summed E-state index contributed by atoms with van der Waals surface area (Å²) < 4.78 is 15.4. The minimum atomic E-state index is -1.60. The number of ether oxygens (including phenoxy) is 3. The number of benzene rings is 1. The standard InChI is InChI=1S/C11H12O6/c1-15-4-7-6(9(12)11(13)14)2-3-8-10(7)17-5-16-8/h2-3,9,12H,4-5H2,1H3,(H,13,14). The first kappa shape index (κ1) is 11.7. The van der Waals surface area contributed by atoms with Gasteiger partial charge >= 0.3 is 5.97 Å². The molecule has 17 heavy (non-hydrogen) atoms. The Morgan fingerprint density at radius 1 is 1.53 bits per heavy atom. The highest BCUT2D eigenvalue weighted by Crippen LogP contribution is 2.39. The molecule has 0 aliphatic carbocycles. The van der Waals surface area contributed by atoms with Crippen molar-refractivity contribution >= 4 is 5.97 Å². The molecule has 92 valence electrons. The molecule has 1 aromatic rings. The summed E-state index contributed by atoms with van der Waals surface area (Å²) in [5.74, 6) is -0.357. The molecule has 6 heteroatoms. The lowest BCUT2D eigenvalue weighted by Gasteiger charge is -2.13. The quantitative estimate of drug-likeness (QED) is 0.805. The summed E-state index contributed by atoms with van der Waals surface area (Å²) in [6.45, 7) is 0.227. The second kappa shape index (κ2) is 4.60. The van der Waals surface area contributed by atoms with Crippen LogP contribution in [0.3, 0.4) is 0 Å². The number of aliphatic carboxylic acids is 1. The van der Waals surface area contributed by atoms with E-state index < -0.39 is 12.1 Å². The SMILES string of the molecule is COCc1c(C(O)C(=O)O)ccc2c1OCO2. The van der Waals surface area contributed by atoms with E-state index in [0.717, 1.165) is 0 Å². The maximum atomic E-state index is 10.8. The number of aliphatic hydroxyl groups is 1. The molecule has 0 bridgehead atoms. The largest absolute Gasteiger partial charge is 0.479 e. The molecule has 0 amide bonds. The molecule has 1 unspecified atom stereocenters. The Morgan fingerprint density at radius 2 is 2.29 bits per heavy atom. The number of carboxylic acid groups (broad SMARTS) is 1. The van der Waals surface area contributed by atoms with Crippen LogP contribution in [-0.2, 0) is 16.1 Å². The van der Waals surface area contributed by atoms with Crippen molar-refractivity contribution in [3.8, 4) is 11.5 Å². The summed E-state index contributed by atoms with van der Waals surface area (Å²) in [4.78, 5) is 10.8. The summed E-state index contributed by atoms with van der Waals surface area (Å²) in [6.07, 6.45) is -1.60. The first-order chi connectivity index (χ1) is 8.15. The smallest absolute Gasteiger partial charge is 0.337 e. The molecule has 2 N–H and O–H groups in total. The van der Waals surface area contributed by atoms with Crippen molar-refractivity contribution in [2.75, 3.05) is 13.9 Å². The van der Waals surface area contributed by atoms with Crippen LogP contribution in [0.15, 0.2) is 12.1 Å². The van der Waals surface area contributed by atoms with Crippen LogP contribution in [0, 0.1) is 0 Å². The zero-order valence-electron chi connectivity index (χ0n) is 9.17. The second-order valence-corrected chi connectivity index (χ2v) is 3.54. The third-order valence-electron chi connectivity index (χ3n) is 2.50. The van der Waals surface area contributed by atoms with Gasteiger partial charge in [0.1, 0.15) is 0 Å². The molecule has 1 aliphatic rings. The summed E-state index contributed by atoms with van der Waals surface area (Å²) in [5.41, 5.74) is 0.751. The van der Waals surface area contributed by atoms with Gasteiger partial charge in [-0.15, -0.1) is 0 Å². The van der Waals surface area contributed by atoms with E-state index in [4.69, 9.17) is 19.3 Å². The van der Waals surface area contributed by atoms with Gasteiger partial charge in [0, 0.05) is 18.2 Å². The highest BCUT2D eigenvalue weighted by atomic mass is 16.7. The highest BCUT2D eigenvalue weighted by molar-refractivity contribution is 5.75. The molecule has 1 aromatic carbocycles. The summed E-state index contributed by atoms with van der Waals surface area (Å²) >= 11 is 0. The van der Waals surface area contributed by atoms with E-state index in [1.54, 1.807) is 6.07 Å². The molecule has 0 aromatic heterocycles. The third-order valence-corrected chi connectivity index (χ3v) is 2.50. The lowest BCUT2D eigenvalue weighted by atomic mass is 10.0. The van der Waals surface area contributed by atoms with Gasteiger partial charge in [-0.1, -0.05) is 6.07 Å². The van der Waals surface area contributed by atoms with E-state index in [0.29, 0.717) is 17.1 Å². The Balaban J connectivity index is 2.48. The maximum Gasteiger partial charge on any atom is 0.337 e. The normalized spacial score (nSPS) is 14.7. The van der Waals surface area contributed by atoms with Crippen molar-refractivity contribution in [2.24, 2.45) is 0 Å². The Labute approximate surface area is 97.3 Å². The maximum absolute atomic E-state index is 10.8. The van der Waals surface area contributed by atoms with Crippen molar-refractivity contribution in [1.82, 2.24) is 0 Å². The molecule has 1 aliphatic heterocycles. The van der Waals surface area contributed by atoms with Crippen LogP contribution in [0.1, 0.15) is 17.2 Å². The Morgan fingerprint density at radius 3 is 2.94 bits per heavy atom. The summed E-state index contributed by atoms with van der Waals surface area (Å²) in [7, 11) is 1.48. The number of hydrogen-bond acceptors (Lipinski definition) is 5. The minimum Gasteiger partial charge on any atom is -0.479 e. The Kier molecular flexibility index (Phi) is 3.16. The lowest BCUT2D eigenvalue weighted by molar-refractivity contribution is -0.147. The average Bonchev–Trinajstić information content (AvgIpc) is 2.77. The number of aliphatic hydroxyl groups excluding tert-OH is 1. The molecule has 1 atom stereocenters. The predicted molar refractivity (Wildman–Crippen MR) is 55.9 cm³/mol. The fraction of sp³-hybridized carbons (Fsp3) is 0.364. The summed E-state index contributed by atoms with van der Waals surface area (Å²) in [5, 5.41) is 18.4. The van der Waals surface area contributed by atoms with Crippen LogP contribution >= 0.6 is 0 Å². The van der Waals surface area contributed by atoms with Crippen molar-refractivity contribution in [3.63, 3.8) is 0 Å². The number of hydrogen-bond donors (Lipinski definition) is 2. The van der Waals surface area contributed by atoms with Gasteiger partial charge in [-0.25, -0.2) is 4.79 Å². The van der Waals surface area contributed by atoms with E-state index in [1.807, 2.05) is 0 Å². The molecule has 0 fully saturated rings. The zero-order chi connectivity index (χ0) is 12.4. The minimum absolute atomic E-state index is 0.0820. The van der Waals surface area contributed by atoms with Crippen molar-refractivity contribution in [3.05, 3.63) is 23.3 Å². The fourth-order valence-electron chi connectivity index (χ4n) is 1.73. The van der Waals surface area contributed by atoms with Gasteiger partial charge in [-0.3, -0.25) is 0 Å². The number of methoxy groups -OCH3 is 1. The van der Waals surface area contributed by atoms with Crippen molar-refractivity contribution in [2.45, 2.75) is 12.7 Å². The van der Waals surface area contributed by atoms with E-state index in [9.17, 15) is 9.90 Å². The van der Waals surface area contributed by atoms with Gasteiger partial charge in [0.15, 0.2) is 17.6 Å². The predicted octanol–water partition coefficient (Wildman–Crippen LogP) is 0.680. The first-order valence-electron chi connectivity index (χ1n) is 4.96. The van der Waals surface area contributed by atoms with Crippen LogP contribution in [0.4, 0.5) is 0 Å². The van der Waals surface area contributed by atoms with Gasteiger partial charge in [0.25, 0.3) is 0 Å². The zero-order valence-corrected chi connectivity index (χ0v) is 9.17. The number of carboxylic acids is 1. The van der Waals surface area contributed by atoms with Crippen LogP contribution in [0.5, 0.6) is 11.5 Å². The van der Waals surface area contributed by atoms with E-state index in [1.165, 1.54) is 13.2 Å². The fourth-order valence-corrected chi connectivity index (χ4v) is 1.73. The van der Waals surface area contributed by atoms with Gasteiger partial charge in [-0.2, -0.15) is 0 Å². The molecular weight excluding hydrogens is 228 g/mol. The molecule has 0 spiro atoms.